The third-order valence-electron chi connectivity index (χ3n) is 1.87. The van der Waals surface area contributed by atoms with Gasteiger partial charge in [0.05, 0.1) is 5.38 Å². The van der Waals surface area contributed by atoms with Crippen LogP contribution in [0.25, 0.3) is 0 Å². The van der Waals surface area contributed by atoms with Crippen LogP contribution in [-0.2, 0) is 0 Å². The molecule has 1 aliphatic rings. The van der Waals surface area contributed by atoms with Gasteiger partial charge in [-0.3, -0.25) is 0 Å². The van der Waals surface area contributed by atoms with Gasteiger partial charge in [0.25, 0.3) is 0 Å². The number of allylic oxidation sites excluding steroid dienone is 6. The molecule has 0 spiro atoms. The van der Waals surface area contributed by atoms with E-state index in [1.165, 1.54) is 11.1 Å². The largest absolute Gasteiger partial charge is 0.114 e. The van der Waals surface area contributed by atoms with Crippen LogP contribution in [0.3, 0.4) is 0 Å². The number of hydrogen-bond donors (Lipinski definition) is 0. The summed E-state index contributed by atoms with van der Waals surface area (Å²) < 4.78 is 0. The minimum atomic E-state index is 0.0833. The van der Waals surface area contributed by atoms with E-state index in [1.54, 1.807) is 0 Å². The minimum absolute atomic E-state index is 0.0833. The van der Waals surface area contributed by atoms with Gasteiger partial charge in [0, 0.05) is 0 Å². The molecule has 0 fully saturated rings. The molecule has 60 valence electrons. The first-order valence-corrected chi connectivity index (χ1v) is 4.37. The Morgan fingerprint density at radius 1 is 1.55 bits per heavy atom. The summed E-state index contributed by atoms with van der Waals surface area (Å²) in [7, 11) is 0. The SMILES string of the molecule is CCC1=CC(Cl)C(C)=CC=C1. The summed E-state index contributed by atoms with van der Waals surface area (Å²) >= 11 is 6.06. The maximum absolute atomic E-state index is 6.06. The first kappa shape index (κ1) is 8.61. The summed E-state index contributed by atoms with van der Waals surface area (Å²) in [5.41, 5.74) is 2.53. The molecule has 1 atom stereocenters. The van der Waals surface area contributed by atoms with E-state index in [0.717, 1.165) is 6.42 Å². The molecule has 0 aromatic rings. The van der Waals surface area contributed by atoms with Crippen LogP contribution in [0.15, 0.2) is 35.5 Å². The highest BCUT2D eigenvalue weighted by atomic mass is 35.5. The Morgan fingerprint density at radius 3 is 2.91 bits per heavy atom. The quantitative estimate of drug-likeness (QED) is 0.527. The topological polar surface area (TPSA) is 0 Å². The zero-order valence-corrected chi connectivity index (χ0v) is 7.73. The zero-order chi connectivity index (χ0) is 8.27. The van der Waals surface area contributed by atoms with Gasteiger partial charge >= 0.3 is 0 Å². The predicted octanol–water partition coefficient (Wildman–Crippen LogP) is 3.45. The second-order valence-electron chi connectivity index (χ2n) is 2.77. The Hall–Kier alpha value is -0.490. The molecule has 0 amide bonds. The predicted molar refractivity (Wildman–Crippen MR) is 50.9 cm³/mol. The van der Waals surface area contributed by atoms with Crippen molar-refractivity contribution in [1.29, 1.82) is 0 Å². The smallest absolute Gasteiger partial charge is 0.0732 e. The van der Waals surface area contributed by atoms with Crippen molar-refractivity contribution in [2.45, 2.75) is 25.6 Å². The summed E-state index contributed by atoms with van der Waals surface area (Å²) in [4.78, 5) is 0. The molecular weight excluding hydrogens is 156 g/mol. The molecule has 0 aliphatic heterocycles. The third-order valence-corrected chi connectivity index (χ3v) is 2.34. The van der Waals surface area contributed by atoms with Gasteiger partial charge in [-0.05, 0) is 13.3 Å². The van der Waals surface area contributed by atoms with E-state index in [4.69, 9.17) is 11.6 Å². The zero-order valence-electron chi connectivity index (χ0n) is 6.97. The van der Waals surface area contributed by atoms with E-state index in [1.807, 2.05) is 0 Å². The van der Waals surface area contributed by atoms with Gasteiger partial charge in [0.15, 0.2) is 0 Å². The Labute approximate surface area is 73.3 Å². The summed E-state index contributed by atoms with van der Waals surface area (Å²) in [6.45, 7) is 4.19. The molecule has 11 heavy (non-hydrogen) atoms. The molecule has 0 heterocycles. The van der Waals surface area contributed by atoms with Crippen molar-refractivity contribution in [1.82, 2.24) is 0 Å². The first-order chi connectivity index (χ1) is 5.24. The maximum atomic E-state index is 6.06. The van der Waals surface area contributed by atoms with Crippen molar-refractivity contribution < 1.29 is 0 Å². The lowest BCUT2D eigenvalue weighted by Gasteiger charge is -2.02. The second-order valence-corrected chi connectivity index (χ2v) is 3.24. The highest BCUT2D eigenvalue weighted by Crippen LogP contribution is 2.18. The van der Waals surface area contributed by atoms with Crippen molar-refractivity contribution in [3.63, 3.8) is 0 Å². The van der Waals surface area contributed by atoms with Gasteiger partial charge in [0.2, 0.25) is 0 Å². The normalized spacial score (nSPS) is 24.1. The summed E-state index contributed by atoms with van der Waals surface area (Å²) in [6.07, 6.45) is 9.41. The van der Waals surface area contributed by atoms with Crippen LogP contribution in [0.1, 0.15) is 20.3 Å². The lowest BCUT2D eigenvalue weighted by atomic mass is 10.1. The van der Waals surface area contributed by atoms with Crippen LogP contribution in [0, 0.1) is 0 Å². The van der Waals surface area contributed by atoms with Gasteiger partial charge in [0.1, 0.15) is 0 Å². The molecule has 0 radical (unpaired) electrons. The lowest BCUT2D eigenvalue weighted by Crippen LogP contribution is -1.94. The van der Waals surface area contributed by atoms with Crippen LogP contribution in [-0.4, -0.2) is 5.38 Å². The molecule has 1 heteroatoms. The van der Waals surface area contributed by atoms with Crippen molar-refractivity contribution >= 4 is 11.6 Å². The Kier molecular flexibility index (Phi) is 2.95. The molecule has 0 N–H and O–H groups in total. The Bertz CT molecular complexity index is 221. The van der Waals surface area contributed by atoms with Crippen LogP contribution < -0.4 is 0 Å². The molecular formula is C10H13Cl. The third kappa shape index (κ3) is 2.23. The first-order valence-electron chi connectivity index (χ1n) is 3.93. The standard InChI is InChI=1S/C10H13Cl/c1-3-9-6-4-5-8(2)10(11)7-9/h4-7,10H,3H2,1-2H3. The van der Waals surface area contributed by atoms with Crippen LogP contribution >= 0.6 is 11.6 Å². The van der Waals surface area contributed by atoms with E-state index in [2.05, 4.69) is 38.2 Å². The van der Waals surface area contributed by atoms with Gasteiger partial charge in [-0.2, -0.15) is 0 Å². The summed E-state index contributed by atoms with van der Waals surface area (Å²) in [6, 6.07) is 0. The van der Waals surface area contributed by atoms with E-state index >= 15 is 0 Å². The average molecular weight is 169 g/mol. The average Bonchev–Trinajstić information content (AvgIpc) is 2.15. The molecule has 1 rings (SSSR count). The monoisotopic (exact) mass is 168 g/mol. The highest BCUT2D eigenvalue weighted by molar-refractivity contribution is 6.23. The molecule has 0 saturated carbocycles. The summed E-state index contributed by atoms with van der Waals surface area (Å²) in [5, 5.41) is 0.0833. The van der Waals surface area contributed by atoms with Crippen molar-refractivity contribution in [3.05, 3.63) is 35.5 Å². The van der Waals surface area contributed by atoms with E-state index in [-0.39, 0.29) is 5.38 Å². The van der Waals surface area contributed by atoms with Crippen LogP contribution in [0.2, 0.25) is 0 Å². The molecule has 1 unspecified atom stereocenters. The van der Waals surface area contributed by atoms with Gasteiger partial charge in [-0.1, -0.05) is 42.4 Å². The minimum Gasteiger partial charge on any atom is -0.114 e. The van der Waals surface area contributed by atoms with E-state index in [9.17, 15) is 0 Å². The molecule has 0 aromatic carbocycles. The molecule has 0 aromatic heterocycles. The number of alkyl halides is 1. The van der Waals surface area contributed by atoms with Crippen LogP contribution in [0.5, 0.6) is 0 Å². The van der Waals surface area contributed by atoms with E-state index in [0.29, 0.717) is 0 Å². The maximum Gasteiger partial charge on any atom is 0.0732 e. The van der Waals surface area contributed by atoms with Gasteiger partial charge < -0.3 is 0 Å². The molecule has 0 saturated heterocycles. The van der Waals surface area contributed by atoms with Crippen LogP contribution in [0.4, 0.5) is 0 Å². The fourth-order valence-electron chi connectivity index (χ4n) is 1.03. The lowest BCUT2D eigenvalue weighted by molar-refractivity contribution is 1.11. The Balaban J connectivity index is 2.84. The second kappa shape index (κ2) is 3.77. The fraction of sp³-hybridized carbons (Fsp3) is 0.400. The molecule has 1 aliphatic carbocycles. The number of hydrogen-bond acceptors (Lipinski definition) is 0. The number of halogens is 1. The summed E-state index contributed by atoms with van der Waals surface area (Å²) in [5.74, 6) is 0. The van der Waals surface area contributed by atoms with Gasteiger partial charge in [-0.25, -0.2) is 0 Å². The number of rotatable bonds is 1. The fourth-order valence-corrected chi connectivity index (χ4v) is 1.26. The van der Waals surface area contributed by atoms with Crippen molar-refractivity contribution in [2.24, 2.45) is 0 Å². The van der Waals surface area contributed by atoms with E-state index < -0.39 is 0 Å². The molecule has 0 bridgehead atoms. The molecule has 0 nitrogen and oxygen atoms in total. The van der Waals surface area contributed by atoms with Crippen molar-refractivity contribution in [2.75, 3.05) is 0 Å². The van der Waals surface area contributed by atoms with Gasteiger partial charge in [-0.15, -0.1) is 11.6 Å². The van der Waals surface area contributed by atoms with Crippen molar-refractivity contribution in [3.8, 4) is 0 Å². The highest BCUT2D eigenvalue weighted by Gasteiger charge is 2.04. The Morgan fingerprint density at radius 2 is 2.27 bits per heavy atom.